The molecule has 0 atom stereocenters. The molecule has 0 spiro atoms. The molecule has 1 aliphatic rings. The molecule has 3 heteroatoms. The van der Waals surface area contributed by atoms with Crippen LogP contribution in [0.2, 0.25) is 0 Å². The number of phenols is 1. The number of benzene rings is 3. The summed E-state index contributed by atoms with van der Waals surface area (Å²) in [6.45, 7) is 6.28. The molecule has 0 unspecified atom stereocenters. The van der Waals surface area contributed by atoms with Crippen molar-refractivity contribution in [3.8, 4) is 5.75 Å². The second kappa shape index (κ2) is 6.68. The van der Waals surface area contributed by atoms with Gasteiger partial charge in [0.05, 0.1) is 5.69 Å². The molecule has 0 aliphatic carbocycles. The molecule has 1 heterocycles. The fourth-order valence-corrected chi connectivity index (χ4v) is 3.38. The monoisotopic (exact) mass is 342 g/mol. The number of aryl methyl sites for hydroxylation is 2. The van der Waals surface area contributed by atoms with Gasteiger partial charge in [0.1, 0.15) is 5.75 Å². The van der Waals surface area contributed by atoms with E-state index in [1.165, 1.54) is 27.9 Å². The SMILES string of the molecule is Cc1cc2c(cc1C)CN(c1ccc(N=Cc3cccc(O)c3)cc1)C2. The number of hydrogen-bond donors (Lipinski definition) is 1. The minimum atomic E-state index is 0.253. The fraction of sp³-hybridized carbons (Fsp3) is 0.174. The molecule has 3 nitrogen and oxygen atoms in total. The third kappa shape index (κ3) is 3.33. The molecular formula is C23H22N2O. The molecule has 4 rings (SSSR count). The van der Waals surface area contributed by atoms with Crippen LogP contribution in [-0.2, 0) is 13.1 Å². The highest BCUT2D eigenvalue weighted by atomic mass is 16.3. The van der Waals surface area contributed by atoms with Crippen molar-refractivity contribution in [1.29, 1.82) is 0 Å². The van der Waals surface area contributed by atoms with Crippen LogP contribution < -0.4 is 4.90 Å². The lowest BCUT2D eigenvalue weighted by Gasteiger charge is -2.17. The highest BCUT2D eigenvalue weighted by molar-refractivity contribution is 5.82. The van der Waals surface area contributed by atoms with Crippen LogP contribution in [0.15, 0.2) is 65.7 Å². The number of aromatic hydroxyl groups is 1. The number of nitrogens with zero attached hydrogens (tertiary/aromatic N) is 2. The van der Waals surface area contributed by atoms with Crippen molar-refractivity contribution >= 4 is 17.6 Å². The van der Waals surface area contributed by atoms with Crippen molar-refractivity contribution in [2.24, 2.45) is 4.99 Å². The summed E-state index contributed by atoms with van der Waals surface area (Å²) in [5.74, 6) is 0.253. The third-order valence-corrected chi connectivity index (χ3v) is 4.99. The van der Waals surface area contributed by atoms with E-state index < -0.39 is 0 Å². The molecule has 0 radical (unpaired) electrons. The van der Waals surface area contributed by atoms with Crippen molar-refractivity contribution < 1.29 is 5.11 Å². The van der Waals surface area contributed by atoms with Crippen molar-refractivity contribution in [2.75, 3.05) is 4.90 Å². The van der Waals surface area contributed by atoms with E-state index in [1.54, 1.807) is 18.3 Å². The summed E-state index contributed by atoms with van der Waals surface area (Å²) in [7, 11) is 0. The first kappa shape index (κ1) is 16.4. The van der Waals surface area contributed by atoms with E-state index in [4.69, 9.17) is 0 Å². The fourth-order valence-electron chi connectivity index (χ4n) is 3.38. The molecule has 3 aromatic rings. The molecule has 0 saturated carbocycles. The summed E-state index contributed by atoms with van der Waals surface area (Å²) < 4.78 is 0. The Morgan fingerprint density at radius 2 is 1.54 bits per heavy atom. The molecular weight excluding hydrogens is 320 g/mol. The first-order valence-electron chi connectivity index (χ1n) is 8.85. The Morgan fingerprint density at radius 1 is 0.885 bits per heavy atom. The second-order valence-electron chi connectivity index (χ2n) is 6.93. The third-order valence-electron chi connectivity index (χ3n) is 4.99. The zero-order chi connectivity index (χ0) is 18.1. The molecule has 130 valence electrons. The molecule has 0 bridgehead atoms. The largest absolute Gasteiger partial charge is 0.508 e. The molecule has 1 N–H and O–H groups in total. The maximum absolute atomic E-state index is 9.51. The van der Waals surface area contributed by atoms with Gasteiger partial charge in [-0.05, 0) is 78.1 Å². The second-order valence-corrected chi connectivity index (χ2v) is 6.93. The van der Waals surface area contributed by atoms with Gasteiger partial charge in [0, 0.05) is 25.0 Å². The Morgan fingerprint density at radius 3 is 2.15 bits per heavy atom. The van der Waals surface area contributed by atoms with E-state index in [0.717, 1.165) is 24.3 Å². The zero-order valence-electron chi connectivity index (χ0n) is 15.1. The van der Waals surface area contributed by atoms with Gasteiger partial charge in [0.25, 0.3) is 0 Å². The maximum atomic E-state index is 9.51. The lowest BCUT2D eigenvalue weighted by Crippen LogP contribution is -2.13. The Hall–Kier alpha value is -3.07. The molecule has 1 aliphatic heterocycles. The van der Waals surface area contributed by atoms with Gasteiger partial charge in [-0.15, -0.1) is 0 Å². The molecule has 0 aromatic heterocycles. The van der Waals surface area contributed by atoms with E-state index in [2.05, 4.69) is 48.0 Å². The van der Waals surface area contributed by atoms with Gasteiger partial charge in [0.2, 0.25) is 0 Å². The average Bonchev–Trinajstić information content (AvgIpc) is 3.03. The summed E-state index contributed by atoms with van der Waals surface area (Å²) >= 11 is 0. The Bertz CT molecular complexity index is 943. The molecule has 3 aromatic carbocycles. The lowest BCUT2D eigenvalue weighted by molar-refractivity contribution is 0.475. The number of rotatable bonds is 3. The Balaban J connectivity index is 1.48. The number of aliphatic imine (C=N–C) groups is 1. The van der Waals surface area contributed by atoms with Crippen LogP contribution >= 0.6 is 0 Å². The highest BCUT2D eigenvalue weighted by Gasteiger charge is 2.19. The van der Waals surface area contributed by atoms with Gasteiger partial charge in [0.15, 0.2) is 0 Å². The smallest absolute Gasteiger partial charge is 0.116 e. The Kier molecular flexibility index (Phi) is 4.21. The van der Waals surface area contributed by atoms with Crippen molar-refractivity contribution in [3.05, 3.63) is 88.5 Å². The van der Waals surface area contributed by atoms with Crippen molar-refractivity contribution in [1.82, 2.24) is 0 Å². The number of hydrogen-bond acceptors (Lipinski definition) is 3. The topological polar surface area (TPSA) is 35.8 Å². The molecule has 26 heavy (non-hydrogen) atoms. The summed E-state index contributed by atoms with van der Waals surface area (Å²) in [5.41, 5.74) is 8.59. The minimum Gasteiger partial charge on any atom is -0.508 e. The van der Waals surface area contributed by atoms with Gasteiger partial charge < -0.3 is 10.0 Å². The zero-order valence-corrected chi connectivity index (χ0v) is 15.1. The summed E-state index contributed by atoms with van der Waals surface area (Å²) in [6, 6.07) is 20.0. The maximum Gasteiger partial charge on any atom is 0.116 e. The van der Waals surface area contributed by atoms with E-state index in [9.17, 15) is 5.11 Å². The van der Waals surface area contributed by atoms with Gasteiger partial charge in [-0.25, -0.2) is 0 Å². The summed E-state index contributed by atoms with van der Waals surface area (Å²) in [6.07, 6.45) is 1.77. The van der Waals surface area contributed by atoms with Gasteiger partial charge in [-0.1, -0.05) is 24.3 Å². The van der Waals surface area contributed by atoms with Gasteiger partial charge in [-0.2, -0.15) is 0 Å². The van der Waals surface area contributed by atoms with Crippen LogP contribution in [0.5, 0.6) is 5.75 Å². The van der Waals surface area contributed by atoms with Crippen LogP contribution in [0, 0.1) is 13.8 Å². The molecule has 0 saturated heterocycles. The summed E-state index contributed by atoms with van der Waals surface area (Å²) in [5, 5.41) is 9.51. The standard InChI is InChI=1S/C23H22N2O/c1-16-10-19-14-25(15-20(19)11-17(16)2)22-8-6-21(7-9-22)24-13-18-4-3-5-23(26)12-18/h3-13,26H,14-15H2,1-2H3. The molecule has 0 fully saturated rings. The Labute approximate surface area is 154 Å². The first-order chi connectivity index (χ1) is 12.6. The van der Waals surface area contributed by atoms with Crippen LogP contribution in [0.4, 0.5) is 11.4 Å². The predicted molar refractivity (Wildman–Crippen MR) is 108 cm³/mol. The minimum absolute atomic E-state index is 0.253. The first-order valence-corrected chi connectivity index (χ1v) is 8.85. The van der Waals surface area contributed by atoms with E-state index >= 15 is 0 Å². The van der Waals surface area contributed by atoms with Crippen LogP contribution in [-0.4, -0.2) is 11.3 Å². The molecule has 0 amide bonds. The van der Waals surface area contributed by atoms with E-state index in [-0.39, 0.29) is 5.75 Å². The average molecular weight is 342 g/mol. The number of fused-ring (bicyclic) bond motifs is 1. The highest BCUT2D eigenvalue weighted by Crippen LogP contribution is 2.31. The van der Waals surface area contributed by atoms with Crippen molar-refractivity contribution in [2.45, 2.75) is 26.9 Å². The number of phenolic OH excluding ortho intramolecular Hbond substituents is 1. The van der Waals surface area contributed by atoms with Crippen LogP contribution in [0.3, 0.4) is 0 Å². The predicted octanol–water partition coefficient (Wildman–Crippen LogP) is 5.28. The van der Waals surface area contributed by atoms with Gasteiger partial charge >= 0.3 is 0 Å². The normalized spacial score (nSPS) is 13.4. The quantitative estimate of drug-likeness (QED) is 0.657. The van der Waals surface area contributed by atoms with Crippen LogP contribution in [0.1, 0.15) is 27.8 Å². The van der Waals surface area contributed by atoms with E-state index in [0.29, 0.717) is 0 Å². The lowest BCUT2D eigenvalue weighted by atomic mass is 10.0. The van der Waals surface area contributed by atoms with Gasteiger partial charge in [-0.3, -0.25) is 4.99 Å². The number of anilines is 1. The summed E-state index contributed by atoms with van der Waals surface area (Å²) in [4.78, 5) is 6.89. The van der Waals surface area contributed by atoms with E-state index in [1.807, 2.05) is 24.3 Å². The van der Waals surface area contributed by atoms with Crippen molar-refractivity contribution in [3.63, 3.8) is 0 Å². The van der Waals surface area contributed by atoms with Crippen LogP contribution in [0.25, 0.3) is 0 Å².